The number of nitrogens with zero attached hydrogens (tertiary/aromatic N) is 5. The average Bonchev–Trinajstić information content (AvgIpc) is 3.02. The summed E-state index contributed by atoms with van der Waals surface area (Å²) in [6.45, 7) is 1.93. The average molecular weight is 778 g/mol. The molecule has 0 unspecified atom stereocenters. The van der Waals surface area contributed by atoms with Crippen LogP contribution in [0.3, 0.4) is 0 Å². The van der Waals surface area contributed by atoms with E-state index in [0.717, 1.165) is 22.8 Å². The fourth-order valence-electron chi connectivity index (χ4n) is 3.16. The number of hydrogen-bond acceptors (Lipinski definition) is 12. The second-order valence-electron chi connectivity index (χ2n) is 8.00. The van der Waals surface area contributed by atoms with Gasteiger partial charge in [-0.05, 0) is 67.6 Å². The van der Waals surface area contributed by atoms with Gasteiger partial charge in [0.15, 0.2) is 0 Å². The van der Waals surface area contributed by atoms with Gasteiger partial charge in [-0.15, -0.1) is 10.2 Å². The molecule has 0 amide bonds. The molecular formula is C29H27Cl2N5O10Ru. The molecule has 0 spiro atoms. The standard InChI is InChI=1S/C15H11N3.C12H8N2O4.C2H6O.ClHO4.ClH.H2O.Ru/c1-3-10-16-12(6-1)14-8-5-9-15(18-14)13-7-2-4-11-17-13;15-11(16)7-1-3-13-9(5-7)10-6-8(12(17)18)2-4-14-10;1-2-3;2-1(3,4)5;;;/h1-11H;1-6H,(H,15,16)(H,17,18);3H,2H2,1H3;(H,2,3,4,5);1H;1H2;/q;;;;;;+2/p-2. The topological polar surface area (TPSA) is 283 Å². The summed E-state index contributed by atoms with van der Waals surface area (Å²) in [5.74, 6) is -2.15. The number of carboxylic acids is 2. The summed E-state index contributed by atoms with van der Waals surface area (Å²) >= 11 is 0. The van der Waals surface area contributed by atoms with Crippen LogP contribution in [0.2, 0.25) is 0 Å². The van der Waals surface area contributed by atoms with E-state index in [1.165, 1.54) is 36.7 Å². The number of aliphatic hydroxyl groups is 1. The Bertz CT molecular complexity index is 1520. The summed E-state index contributed by atoms with van der Waals surface area (Å²) in [7, 11) is -4.94. The number of carbonyl (C=O) groups is 2. The summed E-state index contributed by atoms with van der Waals surface area (Å²) in [5.41, 5.74) is 4.24. The Balaban J connectivity index is 0. The molecule has 0 saturated carbocycles. The Morgan fingerprint density at radius 2 is 0.936 bits per heavy atom. The molecule has 0 atom stereocenters. The van der Waals surface area contributed by atoms with Crippen molar-refractivity contribution in [3.05, 3.63) is 115 Å². The summed E-state index contributed by atoms with van der Waals surface area (Å²) < 4.78 is 34.0. The number of carboxylic acid groups (broad SMARTS) is 2. The molecule has 0 aromatic carbocycles. The van der Waals surface area contributed by atoms with Crippen molar-refractivity contribution in [3.63, 3.8) is 0 Å². The largest absolute Gasteiger partial charge is 2.00 e. The van der Waals surface area contributed by atoms with Crippen LogP contribution >= 0.6 is 0 Å². The first kappa shape index (κ1) is 44.8. The molecule has 5 N–H and O–H groups in total. The monoisotopic (exact) mass is 777 g/mol. The molecule has 0 aliphatic heterocycles. The van der Waals surface area contributed by atoms with E-state index in [2.05, 4.69) is 24.9 Å². The predicted octanol–water partition coefficient (Wildman–Crippen LogP) is -3.83. The Hall–Kier alpha value is -4.35. The SMILES string of the molecule is CCO.O.O=C(O)c1ccnc(-c2cc(C(=O)O)ccn2)c1.[Cl-].[O-][Cl+3]([O-])([O-])[O-].[Ru+2].c1ccc(-c2cccc(-c3ccccn3)n2)nc1. The first-order valence-electron chi connectivity index (χ1n) is 12.3. The zero-order valence-electron chi connectivity index (χ0n) is 24.2. The third kappa shape index (κ3) is 17.2. The minimum atomic E-state index is -4.94. The third-order valence-electron chi connectivity index (χ3n) is 4.88. The van der Waals surface area contributed by atoms with E-state index in [0.29, 0.717) is 11.4 Å². The van der Waals surface area contributed by atoms with Gasteiger partial charge in [-0.1, -0.05) is 18.2 Å². The van der Waals surface area contributed by atoms with Crippen molar-refractivity contribution in [1.29, 1.82) is 0 Å². The molecule has 0 radical (unpaired) electrons. The Morgan fingerprint density at radius 1 is 0.617 bits per heavy atom. The van der Waals surface area contributed by atoms with Crippen LogP contribution in [-0.4, -0.2) is 64.3 Å². The molecule has 0 aliphatic rings. The van der Waals surface area contributed by atoms with Gasteiger partial charge in [-0.2, -0.15) is 0 Å². The second-order valence-corrected chi connectivity index (χ2v) is 8.76. The van der Waals surface area contributed by atoms with Crippen molar-refractivity contribution in [2.75, 3.05) is 6.61 Å². The van der Waals surface area contributed by atoms with E-state index >= 15 is 0 Å². The molecular weight excluding hydrogens is 750 g/mol. The molecule has 18 heteroatoms. The molecule has 5 heterocycles. The van der Waals surface area contributed by atoms with Gasteiger partial charge < -0.3 is 33.2 Å². The van der Waals surface area contributed by atoms with Gasteiger partial charge in [-0.25, -0.2) is 33.2 Å². The van der Waals surface area contributed by atoms with Crippen LogP contribution in [0, 0.1) is 10.2 Å². The van der Waals surface area contributed by atoms with Crippen LogP contribution in [0.4, 0.5) is 0 Å². The Kier molecular flexibility index (Phi) is 22.0. The maximum Gasteiger partial charge on any atom is 2.00 e. The van der Waals surface area contributed by atoms with Gasteiger partial charge in [-0.3, -0.25) is 19.9 Å². The summed E-state index contributed by atoms with van der Waals surface area (Å²) in [6, 6.07) is 22.9. The summed E-state index contributed by atoms with van der Waals surface area (Å²) in [5, 5.41) is 25.3. The normalized spacial score (nSPS) is 9.40. The Labute approximate surface area is 289 Å². The van der Waals surface area contributed by atoms with Crippen LogP contribution in [0.25, 0.3) is 34.2 Å². The first-order chi connectivity index (χ1) is 20.9. The minimum Gasteiger partial charge on any atom is -1.00 e. The molecule has 5 rings (SSSR count). The van der Waals surface area contributed by atoms with Gasteiger partial charge in [0.25, 0.3) is 0 Å². The van der Waals surface area contributed by atoms with E-state index in [1.54, 1.807) is 19.3 Å². The van der Waals surface area contributed by atoms with E-state index in [9.17, 15) is 9.59 Å². The van der Waals surface area contributed by atoms with Crippen molar-refractivity contribution < 1.29 is 91.1 Å². The molecule has 5 aromatic rings. The molecule has 0 bridgehead atoms. The van der Waals surface area contributed by atoms with E-state index in [-0.39, 0.29) is 55.1 Å². The van der Waals surface area contributed by atoms with Crippen molar-refractivity contribution in [2.45, 2.75) is 6.92 Å². The quantitative estimate of drug-likeness (QED) is 0.144. The number of aromatic carboxylic acids is 2. The van der Waals surface area contributed by atoms with Crippen LogP contribution in [0.15, 0.2) is 104 Å². The van der Waals surface area contributed by atoms with Crippen LogP contribution in [0.5, 0.6) is 0 Å². The second kappa shape index (κ2) is 23.0. The number of halogens is 2. The van der Waals surface area contributed by atoms with E-state index in [4.69, 9.17) is 34.0 Å². The van der Waals surface area contributed by atoms with Gasteiger partial charge in [0.05, 0.1) is 45.3 Å². The van der Waals surface area contributed by atoms with Crippen molar-refractivity contribution >= 4 is 11.9 Å². The van der Waals surface area contributed by atoms with Crippen LogP contribution < -0.4 is 31.0 Å². The molecule has 5 aromatic heterocycles. The van der Waals surface area contributed by atoms with Crippen molar-refractivity contribution in [1.82, 2.24) is 24.9 Å². The fourth-order valence-corrected chi connectivity index (χ4v) is 3.16. The fraction of sp³-hybridized carbons (Fsp3) is 0.0690. The zero-order chi connectivity index (χ0) is 32.5. The van der Waals surface area contributed by atoms with E-state index < -0.39 is 22.2 Å². The predicted molar refractivity (Wildman–Crippen MR) is 148 cm³/mol. The number of hydrogen-bond donors (Lipinski definition) is 3. The van der Waals surface area contributed by atoms with E-state index in [1.807, 2.05) is 54.6 Å². The number of pyridine rings is 5. The molecule has 0 fully saturated rings. The molecule has 250 valence electrons. The minimum absolute atomic E-state index is 0. The van der Waals surface area contributed by atoms with Gasteiger partial charge in [0, 0.05) is 31.4 Å². The molecule has 0 saturated heterocycles. The number of rotatable bonds is 5. The number of aromatic nitrogens is 5. The maximum absolute atomic E-state index is 10.8. The third-order valence-corrected chi connectivity index (χ3v) is 4.88. The van der Waals surface area contributed by atoms with Crippen LogP contribution in [0.1, 0.15) is 27.6 Å². The van der Waals surface area contributed by atoms with Crippen molar-refractivity contribution in [3.8, 4) is 34.2 Å². The van der Waals surface area contributed by atoms with Crippen molar-refractivity contribution in [2.24, 2.45) is 0 Å². The number of aliphatic hydroxyl groups excluding tert-OH is 1. The zero-order valence-corrected chi connectivity index (χ0v) is 27.4. The van der Waals surface area contributed by atoms with Gasteiger partial charge in [0.2, 0.25) is 0 Å². The van der Waals surface area contributed by atoms with Crippen LogP contribution in [-0.2, 0) is 19.5 Å². The first-order valence-corrected chi connectivity index (χ1v) is 13.6. The smallest absolute Gasteiger partial charge is 1.00 e. The molecule has 0 aliphatic carbocycles. The van der Waals surface area contributed by atoms with Gasteiger partial charge >= 0.3 is 31.4 Å². The summed E-state index contributed by atoms with van der Waals surface area (Å²) in [4.78, 5) is 42.8. The molecule has 15 nitrogen and oxygen atoms in total. The van der Waals surface area contributed by atoms with Gasteiger partial charge in [0.1, 0.15) is 0 Å². The molecule has 47 heavy (non-hydrogen) atoms. The maximum atomic E-state index is 10.8. The Morgan fingerprint density at radius 3 is 1.23 bits per heavy atom. The summed E-state index contributed by atoms with van der Waals surface area (Å²) in [6.07, 6.45) is 6.22.